The van der Waals surface area contributed by atoms with Crippen LogP contribution in [0.1, 0.15) is 5.56 Å². The summed E-state index contributed by atoms with van der Waals surface area (Å²) >= 11 is 12.0. The fourth-order valence-corrected chi connectivity index (χ4v) is 2.87. The molecule has 0 saturated carbocycles. The largest absolute Gasteiger partial charge is 0.370 e. The first-order valence-corrected chi connectivity index (χ1v) is 7.38. The highest BCUT2D eigenvalue weighted by atomic mass is 35.5. The number of nitrogens with one attached hydrogen (secondary N) is 2. The number of nitrogens with zero attached hydrogens (tertiary/aromatic N) is 2. The summed E-state index contributed by atoms with van der Waals surface area (Å²) in [4.78, 5) is 0. The molecule has 1 aliphatic heterocycles. The van der Waals surface area contributed by atoms with E-state index < -0.39 is 0 Å². The number of fused-ring (bicyclic) bond motifs is 1. The molecule has 6 heteroatoms. The van der Waals surface area contributed by atoms with Gasteiger partial charge in [-0.3, -0.25) is 0 Å². The van der Waals surface area contributed by atoms with E-state index in [2.05, 4.69) is 15.7 Å². The highest BCUT2D eigenvalue weighted by Gasteiger charge is 2.17. The minimum Gasteiger partial charge on any atom is -0.370 e. The van der Waals surface area contributed by atoms with E-state index in [1.165, 1.54) is 0 Å². The van der Waals surface area contributed by atoms with E-state index in [1.54, 1.807) is 6.07 Å². The zero-order chi connectivity index (χ0) is 13.9. The van der Waals surface area contributed by atoms with Gasteiger partial charge in [0.2, 0.25) is 0 Å². The van der Waals surface area contributed by atoms with E-state index in [4.69, 9.17) is 23.2 Å². The van der Waals surface area contributed by atoms with Crippen LogP contribution in [0, 0.1) is 5.92 Å². The molecular formula is C14H16Cl2N4. The highest BCUT2D eigenvalue weighted by molar-refractivity contribution is 6.35. The normalized spacial score (nSPS) is 17.6. The number of aromatic nitrogens is 2. The van der Waals surface area contributed by atoms with Gasteiger partial charge in [0.15, 0.2) is 0 Å². The third kappa shape index (κ3) is 3.08. The molecule has 0 spiro atoms. The third-order valence-corrected chi connectivity index (χ3v) is 4.07. The maximum atomic E-state index is 6.15. The Bertz CT molecular complexity index is 597. The van der Waals surface area contributed by atoms with Gasteiger partial charge in [0.1, 0.15) is 5.82 Å². The van der Waals surface area contributed by atoms with Crippen molar-refractivity contribution >= 4 is 29.0 Å². The smallest absolute Gasteiger partial charge is 0.124 e. The molecular weight excluding hydrogens is 295 g/mol. The van der Waals surface area contributed by atoms with Gasteiger partial charge in [-0.1, -0.05) is 29.3 Å². The standard InChI is InChI=1S/C14H16Cl2N4/c15-12-2-1-11(13(16)5-12)8-17-6-10-7-18-14-3-4-19-20(14)9-10/h1-5,10,17-18H,6-9H2/t10-/m0/s1. The van der Waals surface area contributed by atoms with Crippen LogP contribution in [0.25, 0.3) is 0 Å². The lowest BCUT2D eigenvalue weighted by Crippen LogP contribution is -2.35. The highest BCUT2D eigenvalue weighted by Crippen LogP contribution is 2.21. The molecule has 3 rings (SSSR count). The Morgan fingerprint density at radius 1 is 1.35 bits per heavy atom. The van der Waals surface area contributed by atoms with Gasteiger partial charge in [0.05, 0.1) is 6.20 Å². The van der Waals surface area contributed by atoms with Crippen molar-refractivity contribution in [2.24, 2.45) is 5.92 Å². The van der Waals surface area contributed by atoms with E-state index in [0.29, 0.717) is 16.0 Å². The van der Waals surface area contributed by atoms with Gasteiger partial charge in [-0.05, 0) is 17.7 Å². The number of rotatable bonds is 4. The summed E-state index contributed by atoms with van der Waals surface area (Å²) in [5.74, 6) is 1.62. The second kappa shape index (κ2) is 6.04. The monoisotopic (exact) mass is 310 g/mol. The Kier molecular flexibility index (Phi) is 4.15. The second-order valence-electron chi connectivity index (χ2n) is 5.01. The van der Waals surface area contributed by atoms with E-state index in [0.717, 1.165) is 37.6 Å². The summed E-state index contributed by atoms with van der Waals surface area (Å²) < 4.78 is 2.01. The van der Waals surface area contributed by atoms with Crippen LogP contribution in [0.15, 0.2) is 30.5 Å². The van der Waals surface area contributed by atoms with Crippen LogP contribution in [0.2, 0.25) is 10.0 Å². The van der Waals surface area contributed by atoms with Crippen LogP contribution in [-0.4, -0.2) is 22.9 Å². The molecule has 1 aromatic heterocycles. The molecule has 20 heavy (non-hydrogen) atoms. The van der Waals surface area contributed by atoms with Crippen LogP contribution in [-0.2, 0) is 13.1 Å². The van der Waals surface area contributed by atoms with Gasteiger partial charge in [-0.15, -0.1) is 0 Å². The molecule has 0 unspecified atom stereocenters. The fraction of sp³-hybridized carbons (Fsp3) is 0.357. The van der Waals surface area contributed by atoms with Crippen LogP contribution in [0.5, 0.6) is 0 Å². The quantitative estimate of drug-likeness (QED) is 0.912. The second-order valence-corrected chi connectivity index (χ2v) is 5.86. The van der Waals surface area contributed by atoms with E-state index in [-0.39, 0.29) is 0 Å². The summed E-state index contributed by atoms with van der Waals surface area (Å²) in [7, 11) is 0. The molecule has 0 saturated heterocycles. The molecule has 1 atom stereocenters. The van der Waals surface area contributed by atoms with Crippen LogP contribution in [0.3, 0.4) is 0 Å². The molecule has 0 amide bonds. The molecule has 0 fully saturated rings. The predicted molar refractivity (Wildman–Crippen MR) is 82.4 cm³/mol. The van der Waals surface area contributed by atoms with E-state index >= 15 is 0 Å². The Morgan fingerprint density at radius 3 is 3.10 bits per heavy atom. The van der Waals surface area contributed by atoms with E-state index in [1.807, 2.05) is 29.1 Å². The van der Waals surface area contributed by atoms with E-state index in [9.17, 15) is 0 Å². The average Bonchev–Trinajstić information content (AvgIpc) is 2.89. The van der Waals surface area contributed by atoms with Gasteiger partial charge >= 0.3 is 0 Å². The van der Waals surface area contributed by atoms with Crippen molar-refractivity contribution in [2.75, 3.05) is 18.4 Å². The number of hydrogen-bond donors (Lipinski definition) is 2. The first-order chi connectivity index (χ1) is 9.72. The molecule has 2 N–H and O–H groups in total. The van der Waals surface area contributed by atoms with Gasteiger partial charge in [-0.25, -0.2) is 4.68 Å². The molecule has 4 nitrogen and oxygen atoms in total. The lowest BCUT2D eigenvalue weighted by Gasteiger charge is -2.25. The molecule has 0 radical (unpaired) electrons. The van der Waals surface area contributed by atoms with Gasteiger partial charge in [0.25, 0.3) is 0 Å². The Hall–Kier alpha value is -1.23. The molecule has 0 aliphatic carbocycles. The summed E-state index contributed by atoms with van der Waals surface area (Å²) in [6, 6.07) is 7.60. The van der Waals surface area contributed by atoms with Crippen molar-refractivity contribution in [3.63, 3.8) is 0 Å². The van der Waals surface area contributed by atoms with Gasteiger partial charge in [0, 0.05) is 48.2 Å². The predicted octanol–water partition coefficient (Wildman–Crippen LogP) is 3.02. The lowest BCUT2D eigenvalue weighted by atomic mass is 10.1. The molecule has 106 valence electrons. The van der Waals surface area contributed by atoms with Crippen molar-refractivity contribution in [1.29, 1.82) is 0 Å². The molecule has 1 aromatic carbocycles. The number of hydrogen-bond acceptors (Lipinski definition) is 3. The molecule has 1 aliphatic rings. The Balaban J connectivity index is 1.51. The zero-order valence-corrected chi connectivity index (χ0v) is 12.5. The minimum absolute atomic E-state index is 0.522. The van der Waals surface area contributed by atoms with Crippen molar-refractivity contribution in [3.8, 4) is 0 Å². The number of anilines is 1. The lowest BCUT2D eigenvalue weighted by molar-refractivity contribution is 0.391. The Morgan fingerprint density at radius 2 is 2.25 bits per heavy atom. The molecule has 2 aromatic rings. The summed E-state index contributed by atoms with van der Waals surface area (Å²) in [6.07, 6.45) is 1.83. The first kappa shape index (κ1) is 13.7. The van der Waals surface area contributed by atoms with Gasteiger partial charge in [-0.2, -0.15) is 5.10 Å². The number of halogens is 2. The van der Waals surface area contributed by atoms with Crippen LogP contribution < -0.4 is 10.6 Å². The van der Waals surface area contributed by atoms with Crippen LogP contribution in [0.4, 0.5) is 5.82 Å². The van der Waals surface area contributed by atoms with Crippen LogP contribution >= 0.6 is 23.2 Å². The summed E-state index contributed by atoms with van der Waals surface area (Å²) in [5.41, 5.74) is 1.07. The van der Waals surface area contributed by atoms with Gasteiger partial charge < -0.3 is 10.6 Å². The third-order valence-electron chi connectivity index (χ3n) is 3.48. The van der Waals surface area contributed by atoms with Crippen molar-refractivity contribution in [2.45, 2.75) is 13.1 Å². The first-order valence-electron chi connectivity index (χ1n) is 6.62. The zero-order valence-electron chi connectivity index (χ0n) is 10.9. The van der Waals surface area contributed by atoms with Crippen molar-refractivity contribution in [3.05, 3.63) is 46.1 Å². The summed E-state index contributed by atoms with van der Waals surface area (Å²) in [5, 5.41) is 12.5. The Labute approximate surface area is 128 Å². The fourth-order valence-electron chi connectivity index (χ4n) is 2.40. The van der Waals surface area contributed by atoms with Crippen molar-refractivity contribution in [1.82, 2.24) is 15.1 Å². The minimum atomic E-state index is 0.522. The number of benzene rings is 1. The maximum absolute atomic E-state index is 6.15. The average molecular weight is 311 g/mol. The molecule has 2 heterocycles. The topological polar surface area (TPSA) is 41.9 Å². The molecule has 0 bridgehead atoms. The SMILES string of the molecule is Clc1ccc(CNC[C@H]2CNc3ccnn3C2)c(Cl)c1. The van der Waals surface area contributed by atoms with Crippen molar-refractivity contribution < 1.29 is 0 Å². The maximum Gasteiger partial charge on any atom is 0.124 e. The summed E-state index contributed by atoms with van der Waals surface area (Å²) in [6.45, 7) is 3.58.